The number of rotatable bonds is 1. The molecular weight excluding hydrogens is 293 g/mol. The molecule has 50 valence electrons. The number of alkyl halides is 6. The van der Waals surface area contributed by atoms with Crippen LogP contribution in [-0.2, 0) is 0 Å². The first-order valence-corrected chi connectivity index (χ1v) is 3.73. The van der Waals surface area contributed by atoms with E-state index in [0.717, 1.165) is 0 Å². The van der Waals surface area contributed by atoms with Gasteiger partial charge in [0, 0.05) is 0 Å². The molecule has 6 heteroatoms. The lowest BCUT2D eigenvalue weighted by atomic mass is 10.8. The molecule has 2 atom stereocenters. The van der Waals surface area contributed by atoms with Gasteiger partial charge >= 0.3 is 0 Å². The second kappa shape index (κ2) is 2.56. The molecule has 0 nitrogen and oxygen atoms in total. The predicted molar refractivity (Wildman–Crippen MR) is 37.2 cm³/mol. The smallest absolute Gasteiger partial charge is 0.207 e. The van der Waals surface area contributed by atoms with Crippen molar-refractivity contribution in [3.8, 4) is 0 Å². The van der Waals surface area contributed by atoms with Crippen LogP contribution in [0.2, 0.25) is 0 Å². The maximum Gasteiger partial charge on any atom is 0.295 e. The van der Waals surface area contributed by atoms with Crippen molar-refractivity contribution in [2.75, 3.05) is 0 Å². The zero-order valence-corrected chi connectivity index (χ0v) is 7.95. The van der Waals surface area contributed by atoms with Gasteiger partial charge in [0.1, 0.15) is 0 Å². The van der Waals surface area contributed by atoms with E-state index in [1.165, 1.54) is 0 Å². The molecule has 0 radical (unpaired) electrons. The summed E-state index contributed by atoms with van der Waals surface area (Å²) >= 11 is 13.7. The van der Waals surface area contributed by atoms with Gasteiger partial charge in [0.15, 0.2) is 0 Å². The summed E-state index contributed by atoms with van der Waals surface area (Å²) < 4.78 is 18.5. The average molecular weight is 293 g/mol. The lowest BCUT2D eigenvalue weighted by Crippen LogP contribution is -2.24. The van der Waals surface area contributed by atoms with Crippen molar-refractivity contribution in [3.05, 3.63) is 0 Å². The molecule has 0 heterocycles. The van der Waals surface area contributed by atoms with Crippen molar-refractivity contribution in [1.82, 2.24) is 0 Å². The molecule has 0 rings (SSSR count). The number of hydrogen-bond donors (Lipinski definition) is 0. The third-order valence-electron chi connectivity index (χ3n) is 0.321. The average Bonchev–Trinajstić information content (AvgIpc) is 1.25. The predicted octanol–water partition coefficient (Wildman–Crippen LogP) is 3.50. The molecule has 0 aromatic heterocycles. The second-order valence-electron chi connectivity index (χ2n) is 0.996. The van der Waals surface area contributed by atoms with Crippen LogP contribution >= 0.6 is 55.1 Å². The Morgan fingerprint density at radius 3 is 1.12 bits per heavy atom. The highest BCUT2D eigenvalue weighted by Crippen LogP contribution is 2.47. The standard InChI is InChI=1S/C2Br2Cl2F2/c3-1(5,7)2(4,6)8. The van der Waals surface area contributed by atoms with Crippen LogP contribution in [0.4, 0.5) is 8.78 Å². The molecule has 0 N–H and O–H groups in total. The monoisotopic (exact) mass is 290 g/mol. The minimum atomic E-state index is -2.76. The van der Waals surface area contributed by atoms with Crippen LogP contribution in [0.1, 0.15) is 0 Å². The molecule has 0 bridgehead atoms. The second-order valence-corrected chi connectivity index (χ2v) is 5.14. The molecule has 2 unspecified atom stereocenters. The summed E-state index contributed by atoms with van der Waals surface area (Å²) in [4.78, 5) is 0. The summed E-state index contributed by atoms with van der Waals surface area (Å²) in [6.07, 6.45) is 0. The summed E-state index contributed by atoms with van der Waals surface area (Å²) in [5.74, 6) is 0. The third-order valence-corrected chi connectivity index (χ3v) is 3.02. The SMILES string of the molecule is FC(Cl)(Br)C(F)(Cl)Br. The van der Waals surface area contributed by atoms with Crippen LogP contribution in [0.3, 0.4) is 0 Å². The van der Waals surface area contributed by atoms with Gasteiger partial charge in [-0.05, 0) is 31.9 Å². The number of hydrogen-bond acceptors (Lipinski definition) is 0. The molecule has 0 aromatic rings. The van der Waals surface area contributed by atoms with Gasteiger partial charge in [-0.25, -0.2) is 8.78 Å². The van der Waals surface area contributed by atoms with E-state index in [1.807, 2.05) is 0 Å². The Kier molecular flexibility index (Phi) is 3.01. The topological polar surface area (TPSA) is 0 Å². The van der Waals surface area contributed by atoms with Crippen molar-refractivity contribution in [2.24, 2.45) is 0 Å². The van der Waals surface area contributed by atoms with Crippen molar-refractivity contribution in [2.45, 2.75) is 8.07 Å². The normalized spacial score (nSPS) is 26.2. The van der Waals surface area contributed by atoms with E-state index in [9.17, 15) is 8.78 Å². The van der Waals surface area contributed by atoms with Crippen molar-refractivity contribution >= 4 is 55.1 Å². The third kappa shape index (κ3) is 2.80. The molecule has 0 aliphatic heterocycles. The zero-order valence-electron chi connectivity index (χ0n) is 3.27. The first-order valence-electron chi connectivity index (χ1n) is 1.38. The first-order chi connectivity index (χ1) is 3.25. The van der Waals surface area contributed by atoms with Crippen LogP contribution in [0.5, 0.6) is 0 Å². The van der Waals surface area contributed by atoms with Crippen molar-refractivity contribution in [3.63, 3.8) is 0 Å². The molecule has 8 heavy (non-hydrogen) atoms. The molecule has 0 aliphatic carbocycles. The largest absolute Gasteiger partial charge is 0.295 e. The van der Waals surface area contributed by atoms with E-state index < -0.39 is 8.07 Å². The lowest BCUT2D eigenvalue weighted by molar-refractivity contribution is 0.260. The van der Waals surface area contributed by atoms with Gasteiger partial charge in [-0.15, -0.1) is 0 Å². The Labute approximate surface area is 71.8 Å². The molecule has 0 aliphatic rings. The Morgan fingerprint density at radius 1 is 1.00 bits per heavy atom. The molecule has 0 fully saturated rings. The van der Waals surface area contributed by atoms with Gasteiger partial charge in [0.25, 0.3) is 8.07 Å². The summed E-state index contributed by atoms with van der Waals surface area (Å²) in [5.41, 5.74) is 0. The van der Waals surface area contributed by atoms with E-state index in [1.54, 1.807) is 0 Å². The minimum Gasteiger partial charge on any atom is -0.207 e. The Bertz CT molecular complexity index is 71.0. The van der Waals surface area contributed by atoms with Crippen LogP contribution in [0.15, 0.2) is 0 Å². The minimum absolute atomic E-state index is 2.14. The van der Waals surface area contributed by atoms with E-state index in [0.29, 0.717) is 0 Å². The molecule has 0 saturated heterocycles. The fraction of sp³-hybridized carbons (Fsp3) is 1.00. The van der Waals surface area contributed by atoms with Crippen LogP contribution < -0.4 is 0 Å². The van der Waals surface area contributed by atoms with E-state index in [4.69, 9.17) is 23.2 Å². The molecule has 0 aromatic carbocycles. The first kappa shape index (κ1) is 9.40. The molecule has 0 spiro atoms. The van der Waals surface area contributed by atoms with E-state index >= 15 is 0 Å². The van der Waals surface area contributed by atoms with E-state index in [2.05, 4.69) is 31.9 Å². The summed E-state index contributed by atoms with van der Waals surface area (Å²) in [6, 6.07) is 0. The van der Waals surface area contributed by atoms with Gasteiger partial charge in [-0.2, -0.15) is 0 Å². The molecule has 0 amide bonds. The molecule has 0 saturated carbocycles. The van der Waals surface area contributed by atoms with Crippen molar-refractivity contribution in [1.29, 1.82) is 0 Å². The Balaban J connectivity index is 4.02. The van der Waals surface area contributed by atoms with E-state index in [-0.39, 0.29) is 0 Å². The quantitative estimate of drug-likeness (QED) is 0.649. The molecular formula is C2Br2Cl2F2. The Morgan fingerprint density at radius 2 is 1.12 bits per heavy atom. The zero-order chi connectivity index (χ0) is 7.00. The summed E-state index contributed by atoms with van der Waals surface area (Å²) in [5, 5.41) is 0. The highest BCUT2D eigenvalue weighted by atomic mass is 79.9. The van der Waals surface area contributed by atoms with Crippen molar-refractivity contribution < 1.29 is 8.78 Å². The maximum absolute atomic E-state index is 12.0. The van der Waals surface area contributed by atoms with Crippen LogP contribution in [0.25, 0.3) is 0 Å². The van der Waals surface area contributed by atoms with Gasteiger partial charge in [-0.3, -0.25) is 0 Å². The van der Waals surface area contributed by atoms with Crippen LogP contribution in [0, 0.1) is 0 Å². The van der Waals surface area contributed by atoms with Gasteiger partial charge < -0.3 is 0 Å². The van der Waals surface area contributed by atoms with Gasteiger partial charge in [-0.1, -0.05) is 23.2 Å². The Hall–Kier alpha value is 1.40. The summed E-state index contributed by atoms with van der Waals surface area (Å²) in [6.45, 7) is 0. The van der Waals surface area contributed by atoms with Crippen LogP contribution in [-0.4, -0.2) is 8.07 Å². The van der Waals surface area contributed by atoms with Gasteiger partial charge in [0.05, 0.1) is 0 Å². The fourth-order valence-corrected chi connectivity index (χ4v) is 0. The maximum atomic E-state index is 12.0. The lowest BCUT2D eigenvalue weighted by Gasteiger charge is -2.16. The van der Waals surface area contributed by atoms with Gasteiger partial charge in [0.2, 0.25) is 0 Å². The fourth-order valence-electron chi connectivity index (χ4n) is 0. The highest BCUT2D eigenvalue weighted by Gasteiger charge is 2.47. The number of halogens is 6. The highest BCUT2D eigenvalue weighted by molar-refractivity contribution is 9.13. The summed E-state index contributed by atoms with van der Waals surface area (Å²) in [7, 11) is 0.